The van der Waals surface area contributed by atoms with Crippen LogP contribution in [0.25, 0.3) is 0 Å². The van der Waals surface area contributed by atoms with Gasteiger partial charge in [0, 0.05) is 6.42 Å². The minimum Gasteiger partial charge on any atom is -0.496 e. The largest absolute Gasteiger partial charge is 0.496 e. The molecule has 1 aromatic carbocycles. The van der Waals surface area contributed by atoms with Gasteiger partial charge in [-0.3, -0.25) is 0 Å². The smallest absolute Gasteiger partial charge is 0.123 e. The van der Waals surface area contributed by atoms with Crippen molar-refractivity contribution in [1.29, 1.82) is 0 Å². The highest BCUT2D eigenvalue weighted by Crippen LogP contribution is 2.27. The van der Waals surface area contributed by atoms with Gasteiger partial charge in [-0.1, -0.05) is 13.8 Å². The molecule has 0 bridgehead atoms. The Kier molecular flexibility index (Phi) is 3.92. The van der Waals surface area contributed by atoms with Crippen LogP contribution in [0.2, 0.25) is 0 Å². The Morgan fingerprint density at radius 3 is 2.56 bits per heavy atom. The van der Waals surface area contributed by atoms with E-state index in [1.54, 1.807) is 20.1 Å². The van der Waals surface area contributed by atoms with Gasteiger partial charge in [-0.15, -0.1) is 0 Å². The van der Waals surface area contributed by atoms with Gasteiger partial charge in [0.15, 0.2) is 0 Å². The Morgan fingerprint density at radius 2 is 2.06 bits per heavy atom. The molecule has 1 rings (SSSR count). The summed E-state index contributed by atoms with van der Waals surface area (Å²) in [4.78, 5) is 0. The molecule has 0 spiro atoms. The van der Waals surface area contributed by atoms with Crippen LogP contribution in [0.1, 0.15) is 26.3 Å². The van der Waals surface area contributed by atoms with Crippen LogP contribution in [0, 0.1) is 11.7 Å². The van der Waals surface area contributed by atoms with E-state index in [-0.39, 0.29) is 11.7 Å². The lowest BCUT2D eigenvalue weighted by molar-refractivity contribution is 0.0134. The molecule has 0 amide bonds. The number of ether oxygens (including phenoxy) is 1. The number of hydrogen-bond acceptors (Lipinski definition) is 2. The monoisotopic (exact) mass is 226 g/mol. The average molecular weight is 226 g/mol. The Hall–Kier alpha value is -1.09. The van der Waals surface area contributed by atoms with Crippen LogP contribution in [-0.2, 0) is 6.42 Å². The van der Waals surface area contributed by atoms with Crippen molar-refractivity contribution in [2.24, 2.45) is 5.92 Å². The van der Waals surface area contributed by atoms with Gasteiger partial charge in [0.05, 0.1) is 12.7 Å². The van der Waals surface area contributed by atoms with Crippen LogP contribution in [0.4, 0.5) is 4.39 Å². The third-order valence-electron chi connectivity index (χ3n) is 3.03. The van der Waals surface area contributed by atoms with Crippen molar-refractivity contribution in [2.75, 3.05) is 7.11 Å². The number of benzene rings is 1. The minimum atomic E-state index is -0.860. The lowest BCUT2D eigenvalue weighted by Crippen LogP contribution is -2.33. The first-order valence-electron chi connectivity index (χ1n) is 5.41. The van der Waals surface area contributed by atoms with E-state index in [4.69, 9.17) is 4.74 Å². The number of aliphatic hydroxyl groups is 1. The highest BCUT2D eigenvalue weighted by atomic mass is 19.1. The van der Waals surface area contributed by atoms with Crippen LogP contribution in [0.15, 0.2) is 18.2 Å². The van der Waals surface area contributed by atoms with Crippen molar-refractivity contribution in [3.63, 3.8) is 0 Å². The van der Waals surface area contributed by atoms with E-state index in [0.717, 1.165) is 0 Å². The summed E-state index contributed by atoms with van der Waals surface area (Å²) in [5.41, 5.74) is -0.164. The predicted octanol–water partition coefficient (Wildman–Crippen LogP) is 2.78. The molecule has 0 aliphatic rings. The summed E-state index contributed by atoms with van der Waals surface area (Å²) >= 11 is 0. The van der Waals surface area contributed by atoms with Gasteiger partial charge in [0.25, 0.3) is 0 Å². The molecule has 90 valence electrons. The summed E-state index contributed by atoms with van der Waals surface area (Å²) in [5.74, 6) is 0.401. The van der Waals surface area contributed by atoms with Gasteiger partial charge in [0.2, 0.25) is 0 Å². The van der Waals surface area contributed by atoms with Crippen LogP contribution < -0.4 is 4.74 Å². The van der Waals surface area contributed by atoms with Crippen molar-refractivity contribution >= 4 is 0 Å². The van der Waals surface area contributed by atoms with Crippen LogP contribution in [-0.4, -0.2) is 17.8 Å². The summed E-state index contributed by atoms with van der Waals surface area (Å²) in [6.45, 7) is 5.62. The van der Waals surface area contributed by atoms with E-state index in [1.165, 1.54) is 12.1 Å². The standard InChI is InChI=1S/C13H19FO2/c1-9(2)13(3,15)8-10-7-11(14)5-6-12(10)16-4/h5-7,9,15H,8H2,1-4H3. The van der Waals surface area contributed by atoms with Crippen molar-refractivity contribution in [2.45, 2.75) is 32.8 Å². The Labute approximate surface area is 96.1 Å². The summed E-state index contributed by atoms with van der Waals surface area (Å²) < 4.78 is 18.3. The van der Waals surface area contributed by atoms with Crippen molar-refractivity contribution in [3.05, 3.63) is 29.6 Å². The maximum atomic E-state index is 13.1. The van der Waals surface area contributed by atoms with E-state index in [1.807, 2.05) is 13.8 Å². The zero-order valence-corrected chi connectivity index (χ0v) is 10.2. The minimum absolute atomic E-state index is 0.0977. The predicted molar refractivity (Wildman–Crippen MR) is 62.1 cm³/mol. The molecule has 0 aliphatic carbocycles. The van der Waals surface area contributed by atoms with E-state index in [2.05, 4.69) is 0 Å². The van der Waals surface area contributed by atoms with Crippen LogP contribution in [0.5, 0.6) is 5.75 Å². The molecule has 0 saturated heterocycles. The SMILES string of the molecule is COc1ccc(F)cc1CC(C)(O)C(C)C. The molecule has 0 aliphatic heterocycles. The highest BCUT2D eigenvalue weighted by Gasteiger charge is 2.26. The fraction of sp³-hybridized carbons (Fsp3) is 0.538. The van der Waals surface area contributed by atoms with E-state index in [0.29, 0.717) is 17.7 Å². The zero-order valence-electron chi connectivity index (χ0n) is 10.2. The van der Waals surface area contributed by atoms with E-state index in [9.17, 15) is 9.50 Å². The summed E-state index contributed by atoms with van der Waals surface area (Å²) in [5, 5.41) is 10.2. The quantitative estimate of drug-likeness (QED) is 0.855. The average Bonchev–Trinajstić information content (AvgIpc) is 2.17. The van der Waals surface area contributed by atoms with E-state index < -0.39 is 5.60 Å². The molecular formula is C13H19FO2. The molecule has 2 nitrogen and oxygen atoms in total. The molecule has 1 aromatic rings. The van der Waals surface area contributed by atoms with Gasteiger partial charge in [0.1, 0.15) is 11.6 Å². The fourth-order valence-corrected chi connectivity index (χ4v) is 1.48. The molecule has 1 atom stereocenters. The molecule has 0 saturated carbocycles. The van der Waals surface area contributed by atoms with Gasteiger partial charge < -0.3 is 9.84 Å². The summed E-state index contributed by atoms with van der Waals surface area (Å²) in [6, 6.07) is 4.35. The van der Waals surface area contributed by atoms with Crippen LogP contribution >= 0.6 is 0 Å². The molecule has 0 aromatic heterocycles. The maximum Gasteiger partial charge on any atom is 0.123 e. The first-order valence-corrected chi connectivity index (χ1v) is 5.41. The lowest BCUT2D eigenvalue weighted by atomic mass is 9.86. The zero-order chi connectivity index (χ0) is 12.3. The lowest BCUT2D eigenvalue weighted by Gasteiger charge is -2.28. The van der Waals surface area contributed by atoms with Crippen LogP contribution in [0.3, 0.4) is 0 Å². The first-order chi connectivity index (χ1) is 7.36. The highest BCUT2D eigenvalue weighted by molar-refractivity contribution is 5.35. The number of rotatable bonds is 4. The number of hydrogen-bond donors (Lipinski definition) is 1. The van der Waals surface area contributed by atoms with E-state index >= 15 is 0 Å². The molecule has 1 N–H and O–H groups in total. The Bertz CT molecular complexity index is 359. The molecule has 0 radical (unpaired) electrons. The Morgan fingerprint density at radius 1 is 1.44 bits per heavy atom. The molecular weight excluding hydrogens is 207 g/mol. The summed E-state index contributed by atoms with van der Waals surface area (Å²) in [6.07, 6.45) is 0.381. The third-order valence-corrected chi connectivity index (χ3v) is 3.03. The van der Waals surface area contributed by atoms with Gasteiger partial charge in [-0.2, -0.15) is 0 Å². The molecule has 16 heavy (non-hydrogen) atoms. The first kappa shape index (κ1) is 13.0. The molecule has 1 unspecified atom stereocenters. The van der Waals surface area contributed by atoms with Gasteiger partial charge in [-0.25, -0.2) is 4.39 Å². The normalized spacial score (nSPS) is 14.9. The van der Waals surface area contributed by atoms with Crippen molar-refractivity contribution in [3.8, 4) is 5.75 Å². The van der Waals surface area contributed by atoms with Crippen molar-refractivity contribution in [1.82, 2.24) is 0 Å². The van der Waals surface area contributed by atoms with Gasteiger partial charge >= 0.3 is 0 Å². The summed E-state index contributed by atoms with van der Waals surface area (Å²) in [7, 11) is 1.54. The van der Waals surface area contributed by atoms with Gasteiger partial charge in [-0.05, 0) is 36.6 Å². The number of methoxy groups -OCH3 is 1. The Balaban J connectivity index is 2.99. The second-order valence-electron chi connectivity index (χ2n) is 4.64. The molecule has 3 heteroatoms. The second-order valence-corrected chi connectivity index (χ2v) is 4.64. The van der Waals surface area contributed by atoms with Crippen molar-refractivity contribution < 1.29 is 14.2 Å². The second kappa shape index (κ2) is 4.83. The fourth-order valence-electron chi connectivity index (χ4n) is 1.48. The maximum absolute atomic E-state index is 13.1. The number of halogens is 1. The topological polar surface area (TPSA) is 29.5 Å². The molecule has 0 heterocycles. The third kappa shape index (κ3) is 2.95. The molecule has 0 fully saturated rings.